The maximum atomic E-state index is 12.7. The molecule has 1 aromatic carbocycles. The van der Waals surface area contributed by atoms with Gasteiger partial charge in [-0.05, 0) is 82.0 Å². The summed E-state index contributed by atoms with van der Waals surface area (Å²) in [5.41, 5.74) is 6.49. The topological polar surface area (TPSA) is 72.4 Å². The summed E-state index contributed by atoms with van der Waals surface area (Å²) >= 11 is 3.05. The molecule has 0 bridgehead atoms. The van der Waals surface area contributed by atoms with Gasteiger partial charge >= 0.3 is 5.97 Å². The van der Waals surface area contributed by atoms with Gasteiger partial charge in [-0.15, -0.1) is 11.3 Å². The minimum absolute atomic E-state index is 0.0995. The Bertz CT molecular complexity index is 1300. The van der Waals surface area contributed by atoms with Crippen molar-refractivity contribution >= 4 is 46.7 Å². The quantitative estimate of drug-likeness (QED) is 0.297. The molecule has 2 aromatic heterocycles. The van der Waals surface area contributed by atoms with Crippen LogP contribution in [0.2, 0.25) is 0 Å². The average Bonchev–Trinajstić information content (AvgIpc) is 3.41. The van der Waals surface area contributed by atoms with Crippen molar-refractivity contribution in [2.45, 2.75) is 53.5 Å². The van der Waals surface area contributed by atoms with E-state index < -0.39 is 0 Å². The van der Waals surface area contributed by atoms with Crippen molar-refractivity contribution in [1.82, 2.24) is 9.88 Å². The number of aromatic nitrogens is 1. The number of esters is 1. The van der Waals surface area contributed by atoms with Crippen LogP contribution in [0.15, 0.2) is 35.2 Å². The molecule has 1 aliphatic rings. The summed E-state index contributed by atoms with van der Waals surface area (Å²) in [5.74, 6) is -0.402. The van der Waals surface area contributed by atoms with Crippen LogP contribution in [-0.4, -0.2) is 28.5 Å². The molecule has 3 heterocycles. The molecule has 184 valence electrons. The van der Waals surface area contributed by atoms with Gasteiger partial charge in [-0.1, -0.05) is 30.8 Å². The van der Waals surface area contributed by atoms with Crippen LogP contribution in [0.25, 0.3) is 11.1 Å². The Kier molecular flexibility index (Phi) is 7.42. The lowest BCUT2D eigenvalue weighted by Crippen LogP contribution is -2.30. The number of carbonyl (C=O) groups excluding carboxylic acids is 2. The highest BCUT2D eigenvalue weighted by Gasteiger charge is 2.28. The lowest BCUT2D eigenvalue weighted by atomic mass is 10.1. The molecule has 0 saturated carbocycles. The van der Waals surface area contributed by atoms with E-state index in [4.69, 9.17) is 4.74 Å². The Morgan fingerprint density at radius 2 is 1.89 bits per heavy atom. The highest BCUT2D eigenvalue weighted by Crippen LogP contribution is 2.36. The third-order valence-corrected chi connectivity index (χ3v) is 8.42. The van der Waals surface area contributed by atoms with Crippen LogP contribution in [0.1, 0.15) is 57.2 Å². The summed E-state index contributed by atoms with van der Waals surface area (Å²) < 4.78 is 7.43. The smallest absolute Gasteiger partial charge is 0.341 e. The zero-order valence-electron chi connectivity index (χ0n) is 20.9. The number of amides is 1. The lowest BCUT2D eigenvalue weighted by Gasteiger charge is -2.12. The fourth-order valence-electron chi connectivity index (χ4n) is 4.15. The maximum Gasteiger partial charge on any atom is 0.341 e. The maximum absolute atomic E-state index is 12.7. The molecule has 1 atom stereocenters. The van der Waals surface area contributed by atoms with E-state index in [-0.39, 0.29) is 17.4 Å². The Balaban J connectivity index is 1.61. The third-order valence-electron chi connectivity index (χ3n) is 6.20. The predicted octanol–water partition coefficient (Wildman–Crippen LogP) is 6.11. The van der Waals surface area contributed by atoms with E-state index in [1.54, 1.807) is 11.3 Å². The van der Waals surface area contributed by atoms with Crippen molar-refractivity contribution in [2.24, 2.45) is 0 Å². The highest BCUT2D eigenvalue weighted by atomic mass is 32.2. The number of aryl methyl sites for hydroxylation is 3. The number of benzene rings is 1. The number of nitrogens with one attached hydrogen (secondary N) is 2. The molecule has 8 heteroatoms. The summed E-state index contributed by atoms with van der Waals surface area (Å²) in [6.07, 6.45) is 2.92. The van der Waals surface area contributed by atoms with E-state index in [9.17, 15) is 9.59 Å². The fraction of sp³-hybridized carbons (Fsp3) is 0.333. The number of carbonyl (C=O) groups is 2. The summed E-state index contributed by atoms with van der Waals surface area (Å²) in [6.45, 7) is 12.3. The SMILES string of the molecule is CCOC(=O)c1c(-n2c(C)cc(/C=C3\S[C@@H](Nc4ccc(CC)cc4)NC3=O)c2C)sc(C)c1C. The van der Waals surface area contributed by atoms with Crippen molar-refractivity contribution in [1.29, 1.82) is 0 Å². The van der Waals surface area contributed by atoms with Crippen molar-refractivity contribution in [3.8, 4) is 5.00 Å². The van der Waals surface area contributed by atoms with Crippen molar-refractivity contribution in [2.75, 3.05) is 11.9 Å². The first-order valence-corrected chi connectivity index (χ1v) is 13.4. The van der Waals surface area contributed by atoms with E-state index in [1.807, 2.05) is 52.8 Å². The molecule has 1 saturated heterocycles. The molecule has 3 aromatic rings. The van der Waals surface area contributed by atoms with Gasteiger partial charge in [0.05, 0.1) is 17.1 Å². The summed E-state index contributed by atoms with van der Waals surface area (Å²) in [5, 5.41) is 7.23. The van der Waals surface area contributed by atoms with Crippen LogP contribution in [0.4, 0.5) is 5.69 Å². The molecule has 35 heavy (non-hydrogen) atoms. The van der Waals surface area contributed by atoms with Crippen LogP contribution in [0.5, 0.6) is 0 Å². The second-order valence-corrected chi connectivity index (χ2v) is 10.9. The minimum atomic E-state index is -0.302. The predicted molar refractivity (Wildman–Crippen MR) is 145 cm³/mol. The molecule has 0 unspecified atom stereocenters. The molecule has 0 aliphatic carbocycles. The van der Waals surface area contributed by atoms with E-state index in [0.29, 0.717) is 17.1 Å². The molecule has 0 radical (unpaired) electrons. The Labute approximate surface area is 214 Å². The number of rotatable bonds is 7. The summed E-state index contributed by atoms with van der Waals surface area (Å²) in [4.78, 5) is 27.2. The van der Waals surface area contributed by atoms with Crippen LogP contribution in [0.3, 0.4) is 0 Å². The van der Waals surface area contributed by atoms with Gasteiger partial charge in [0.2, 0.25) is 0 Å². The molecule has 4 rings (SSSR count). The fourth-order valence-corrected chi connectivity index (χ4v) is 6.38. The van der Waals surface area contributed by atoms with E-state index >= 15 is 0 Å². The third kappa shape index (κ3) is 5.04. The van der Waals surface area contributed by atoms with E-state index in [0.717, 1.165) is 44.5 Å². The van der Waals surface area contributed by atoms with Crippen LogP contribution in [-0.2, 0) is 16.0 Å². The number of hydrogen-bond donors (Lipinski definition) is 2. The molecule has 2 N–H and O–H groups in total. The van der Waals surface area contributed by atoms with E-state index in [1.165, 1.54) is 17.3 Å². The second kappa shape index (κ2) is 10.3. The van der Waals surface area contributed by atoms with Gasteiger partial charge in [0, 0.05) is 22.0 Å². The minimum Gasteiger partial charge on any atom is -0.462 e. The van der Waals surface area contributed by atoms with Crippen LogP contribution in [0, 0.1) is 27.7 Å². The Morgan fingerprint density at radius 3 is 2.54 bits per heavy atom. The van der Waals surface area contributed by atoms with Gasteiger partial charge < -0.3 is 19.9 Å². The number of thioether (sulfide) groups is 1. The molecule has 6 nitrogen and oxygen atoms in total. The highest BCUT2D eigenvalue weighted by molar-refractivity contribution is 8.05. The second-order valence-electron chi connectivity index (χ2n) is 8.52. The average molecular weight is 510 g/mol. The number of nitrogens with zero attached hydrogens (tertiary/aromatic N) is 1. The first-order valence-electron chi connectivity index (χ1n) is 11.7. The number of hydrogen-bond acceptors (Lipinski definition) is 6. The van der Waals surface area contributed by atoms with E-state index in [2.05, 4.69) is 40.3 Å². The normalized spacial score (nSPS) is 16.6. The molecule has 1 aliphatic heterocycles. The van der Waals surface area contributed by atoms with Gasteiger partial charge in [-0.25, -0.2) is 4.79 Å². The monoisotopic (exact) mass is 509 g/mol. The van der Waals surface area contributed by atoms with Crippen molar-refractivity contribution in [3.05, 3.63) is 73.8 Å². The molecular weight excluding hydrogens is 478 g/mol. The van der Waals surface area contributed by atoms with Gasteiger partial charge in [-0.2, -0.15) is 0 Å². The molecule has 0 spiro atoms. The summed E-state index contributed by atoms with van der Waals surface area (Å²) in [6, 6.07) is 10.3. The number of anilines is 1. The standard InChI is InChI=1S/C27H31N3O3S2/c1-7-19-9-11-21(12-10-19)28-27-29-24(31)22(35-27)14-20-13-15(3)30(17(20)5)25-23(26(32)33-8-2)16(4)18(6)34-25/h9-14,27-28H,7-8H2,1-6H3,(H,29,31)/b22-14-/t27-/m0/s1. The zero-order chi connectivity index (χ0) is 25.3. The molecule has 1 fully saturated rings. The first-order chi connectivity index (χ1) is 16.7. The van der Waals surface area contributed by atoms with Gasteiger partial charge in [0.1, 0.15) is 5.00 Å². The number of ether oxygens (including phenoxy) is 1. The van der Waals surface area contributed by atoms with Gasteiger partial charge in [0.25, 0.3) is 5.91 Å². The molecular formula is C27H31N3O3S2. The van der Waals surface area contributed by atoms with Gasteiger partial charge in [-0.3, -0.25) is 4.79 Å². The zero-order valence-corrected chi connectivity index (χ0v) is 22.6. The lowest BCUT2D eigenvalue weighted by molar-refractivity contribution is -0.116. The van der Waals surface area contributed by atoms with Crippen LogP contribution < -0.4 is 10.6 Å². The van der Waals surface area contributed by atoms with Crippen molar-refractivity contribution < 1.29 is 14.3 Å². The number of thiophene rings is 1. The Hall–Kier alpha value is -2.97. The first kappa shape index (κ1) is 25.1. The van der Waals surface area contributed by atoms with Gasteiger partial charge in [0.15, 0.2) is 5.50 Å². The largest absolute Gasteiger partial charge is 0.462 e. The van der Waals surface area contributed by atoms with Crippen LogP contribution >= 0.6 is 23.1 Å². The van der Waals surface area contributed by atoms with Crippen molar-refractivity contribution in [3.63, 3.8) is 0 Å². The Morgan fingerprint density at radius 1 is 1.17 bits per heavy atom. The summed E-state index contributed by atoms with van der Waals surface area (Å²) in [7, 11) is 0. The molecule has 1 amide bonds.